The number of likely N-dealkylation sites (N-methyl/N-ethyl adjacent to an activating group) is 1. The number of nitrogens with one attached hydrogen (secondary N) is 1. The predicted molar refractivity (Wildman–Crippen MR) is 88.6 cm³/mol. The molecule has 126 valence electrons. The van der Waals surface area contributed by atoms with Gasteiger partial charge in [0.25, 0.3) is 0 Å². The van der Waals surface area contributed by atoms with E-state index in [0.717, 1.165) is 5.82 Å². The lowest BCUT2D eigenvalue weighted by Gasteiger charge is -2.37. The standard InChI is InChI=1S/C16H19N5O2S/c1-12-3-4-13(10-17)9-15(12)24(22,23)21-8-7-20(2)14(11-21)16-18-5-6-19-16/h3-6,9,14H,7-8,11H2,1-2H3,(H,18,19). The zero-order valence-corrected chi connectivity index (χ0v) is 14.4. The highest BCUT2D eigenvalue weighted by molar-refractivity contribution is 7.89. The summed E-state index contributed by atoms with van der Waals surface area (Å²) in [5.74, 6) is 0.750. The fourth-order valence-corrected chi connectivity index (χ4v) is 4.60. The number of hydrogen-bond acceptors (Lipinski definition) is 5. The van der Waals surface area contributed by atoms with Crippen LogP contribution in [0.25, 0.3) is 0 Å². The number of imidazole rings is 1. The molecule has 1 N–H and O–H groups in total. The van der Waals surface area contributed by atoms with Crippen molar-refractivity contribution in [3.05, 3.63) is 47.5 Å². The van der Waals surface area contributed by atoms with Crippen molar-refractivity contribution in [2.24, 2.45) is 0 Å². The Hall–Kier alpha value is -2.21. The van der Waals surface area contributed by atoms with E-state index in [0.29, 0.717) is 30.8 Å². The Balaban J connectivity index is 1.94. The molecule has 0 radical (unpaired) electrons. The number of aryl methyl sites for hydroxylation is 1. The maximum absolute atomic E-state index is 13.1. The molecule has 1 aromatic heterocycles. The Labute approximate surface area is 141 Å². The molecular formula is C16H19N5O2S. The minimum Gasteiger partial charge on any atom is -0.347 e. The van der Waals surface area contributed by atoms with Crippen molar-refractivity contribution in [1.82, 2.24) is 19.2 Å². The first-order chi connectivity index (χ1) is 11.4. The van der Waals surface area contributed by atoms with Gasteiger partial charge in [-0.3, -0.25) is 4.90 Å². The van der Waals surface area contributed by atoms with Crippen molar-refractivity contribution in [2.75, 3.05) is 26.7 Å². The first kappa shape index (κ1) is 16.6. The van der Waals surface area contributed by atoms with E-state index in [9.17, 15) is 8.42 Å². The molecule has 0 bridgehead atoms. The van der Waals surface area contributed by atoms with Crippen LogP contribution in [0.4, 0.5) is 0 Å². The van der Waals surface area contributed by atoms with Crippen molar-refractivity contribution in [3.63, 3.8) is 0 Å². The van der Waals surface area contributed by atoms with Crippen LogP contribution >= 0.6 is 0 Å². The molecular weight excluding hydrogens is 326 g/mol. The van der Waals surface area contributed by atoms with E-state index >= 15 is 0 Å². The van der Waals surface area contributed by atoms with Gasteiger partial charge >= 0.3 is 0 Å². The van der Waals surface area contributed by atoms with Gasteiger partial charge in [-0.2, -0.15) is 9.57 Å². The van der Waals surface area contributed by atoms with Crippen LogP contribution < -0.4 is 0 Å². The minimum absolute atomic E-state index is 0.122. The molecule has 1 aromatic carbocycles. The Bertz CT molecular complexity index is 870. The number of sulfonamides is 1. The molecule has 0 saturated carbocycles. The highest BCUT2D eigenvalue weighted by Gasteiger charge is 2.35. The second-order valence-electron chi connectivity index (χ2n) is 5.93. The minimum atomic E-state index is -3.66. The maximum Gasteiger partial charge on any atom is 0.243 e. The molecule has 0 amide bonds. The molecule has 1 fully saturated rings. The second-order valence-corrected chi connectivity index (χ2v) is 7.83. The van der Waals surface area contributed by atoms with Crippen molar-refractivity contribution in [1.29, 1.82) is 5.26 Å². The lowest BCUT2D eigenvalue weighted by Crippen LogP contribution is -2.49. The predicted octanol–water partition coefficient (Wildman–Crippen LogP) is 1.27. The van der Waals surface area contributed by atoms with Crippen LogP contribution in [0, 0.1) is 18.3 Å². The summed E-state index contributed by atoms with van der Waals surface area (Å²) in [6.45, 7) is 3.09. The van der Waals surface area contributed by atoms with Crippen molar-refractivity contribution >= 4 is 10.0 Å². The molecule has 24 heavy (non-hydrogen) atoms. The van der Waals surface area contributed by atoms with Crippen LogP contribution in [0.15, 0.2) is 35.5 Å². The highest BCUT2D eigenvalue weighted by atomic mass is 32.2. The lowest BCUT2D eigenvalue weighted by atomic mass is 10.2. The number of nitriles is 1. The Morgan fingerprint density at radius 3 is 2.83 bits per heavy atom. The van der Waals surface area contributed by atoms with Crippen LogP contribution in [-0.4, -0.2) is 54.3 Å². The van der Waals surface area contributed by atoms with Gasteiger partial charge in [0.05, 0.1) is 22.6 Å². The van der Waals surface area contributed by atoms with Crippen molar-refractivity contribution in [2.45, 2.75) is 17.9 Å². The van der Waals surface area contributed by atoms with E-state index < -0.39 is 10.0 Å². The first-order valence-corrected chi connectivity index (χ1v) is 9.08. The van der Waals surface area contributed by atoms with Crippen LogP contribution in [0.2, 0.25) is 0 Å². The number of piperazine rings is 1. The number of rotatable bonds is 3. The van der Waals surface area contributed by atoms with Crippen LogP contribution in [0.3, 0.4) is 0 Å². The molecule has 8 heteroatoms. The summed E-state index contributed by atoms with van der Waals surface area (Å²) in [6, 6.07) is 6.63. The normalized spacial score (nSPS) is 20.0. The van der Waals surface area contributed by atoms with Gasteiger partial charge in [-0.25, -0.2) is 13.4 Å². The molecule has 1 aliphatic rings. The largest absolute Gasteiger partial charge is 0.347 e. The van der Waals surface area contributed by atoms with Gasteiger partial charge in [-0.15, -0.1) is 0 Å². The van der Waals surface area contributed by atoms with Crippen molar-refractivity contribution < 1.29 is 8.42 Å². The fraction of sp³-hybridized carbons (Fsp3) is 0.375. The molecule has 1 atom stereocenters. The van der Waals surface area contributed by atoms with E-state index in [2.05, 4.69) is 14.9 Å². The summed E-state index contributed by atoms with van der Waals surface area (Å²) in [7, 11) is -1.70. The molecule has 3 rings (SSSR count). The molecule has 1 unspecified atom stereocenters. The zero-order chi connectivity index (χ0) is 17.3. The topological polar surface area (TPSA) is 93.1 Å². The fourth-order valence-electron chi connectivity index (χ4n) is 2.91. The summed E-state index contributed by atoms with van der Waals surface area (Å²) < 4.78 is 27.6. The molecule has 2 aromatic rings. The number of hydrogen-bond donors (Lipinski definition) is 1. The third-order valence-corrected chi connectivity index (χ3v) is 6.39. The number of aromatic nitrogens is 2. The quantitative estimate of drug-likeness (QED) is 0.904. The molecule has 0 spiro atoms. The van der Waals surface area contributed by atoms with Crippen LogP contribution in [-0.2, 0) is 10.0 Å². The van der Waals surface area contributed by atoms with Gasteiger partial charge in [0.1, 0.15) is 5.82 Å². The number of nitrogens with zero attached hydrogens (tertiary/aromatic N) is 4. The monoisotopic (exact) mass is 345 g/mol. The van der Waals surface area contributed by atoms with Crippen LogP contribution in [0.5, 0.6) is 0 Å². The smallest absolute Gasteiger partial charge is 0.243 e. The summed E-state index contributed by atoms with van der Waals surface area (Å²) >= 11 is 0. The summed E-state index contributed by atoms with van der Waals surface area (Å²) in [4.78, 5) is 9.61. The highest BCUT2D eigenvalue weighted by Crippen LogP contribution is 2.27. The Morgan fingerprint density at radius 2 is 2.17 bits per heavy atom. The number of benzene rings is 1. The zero-order valence-electron chi connectivity index (χ0n) is 13.6. The molecule has 0 aliphatic carbocycles. The van der Waals surface area contributed by atoms with E-state index in [-0.39, 0.29) is 10.9 Å². The summed E-state index contributed by atoms with van der Waals surface area (Å²) in [6.07, 6.45) is 3.40. The SMILES string of the molecule is Cc1ccc(C#N)cc1S(=O)(=O)N1CCN(C)C(c2ncc[nH]2)C1. The van der Waals surface area contributed by atoms with Gasteiger partial charge in [-0.05, 0) is 31.7 Å². The van der Waals surface area contributed by atoms with Gasteiger partial charge in [0, 0.05) is 32.0 Å². The molecule has 2 heterocycles. The van der Waals surface area contributed by atoms with E-state index in [4.69, 9.17) is 5.26 Å². The third-order valence-electron chi connectivity index (χ3n) is 4.38. The van der Waals surface area contributed by atoms with Gasteiger partial charge in [0.2, 0.25) is 10.0 Å². The van der Waals surface area contributed by atoms with Gasteiger partial charge in [0.15, 0.2) is 0 Å². The Morgan fingerprint density at radius 1 is 1.38 bits per heavy atom. The molecule has 1 saturated heterocycles. The van der Waals surface area contributed by atoms with E-state index in [1.54, 1.807) is 31.5 Å². The van der Waals surface area contributed by atoms with Gasteiger partial charge < -0.3 is 4.98 Å². The second kappa shape index (κ2) is 6.36. The summed E-state index contributed by atoms with van der Waals surface area (Å²) in [5, 5.41) is 9.05. The first-order valence-electron chi connectivity index (χ1n) is 7.64. The number of H-pyrrole nitrogens is 1. The third kappa shape index (κ3) is 2.94. The van der Waals surface area contributed by atoms with E-state index in [1.807, 2.05) is 13.1 Å². The number of aromatic amines is 1. The van der Waals surface area contributed by atoms with E-state index in [1.165, 1.54) is 10.4 Å². The average molecular weight is 345 g/mol. The van der Waals surface area contributed by atoms with Gasteiger partial charge in [-0.1, -0.05) is 6.07 Å². The molecule has 1 aliphatic heterocycles. The average Bonchev–Trinajstić information content (AvgIpc) is 3.09. The van der Waals surface area contributed by atoms with Crippen LogP contribution in [0.1, 0.15) is 23.0 Å². The lowest BCUT2D eigenvalue weighted by molar-refractivity contribution is 0.142. The summed E-state index contributed by atoms with van der Waals surface area (Å²) in [5.41, 5.74) is 0.985. The van der Waals surface area contributed by atoms with Crippen molar-refractivity contribution in [3.8, 4) is 6.07 Å². The maximum atomic E-state index is 13.1. The molecule has 7 nitrogen and oxygen atoms in total. The Kier molecular flexibility index (Phi) is 4.41.